The second kappa shape index (κ2) is 6.89. The van der Waals surface area contributed by atoms with Crippen LogP contribution in [0.5, 0.6) is 0 Å². The molecule has 10 heteroatoms. The van der Waals surface area contributed by atoms with Crippen LogP contribution in [0.25, 0.3) is 0 Å². The van der Waals surface area contributed by atoms with E-state index in [1.807, 2.05) is 0 Å². The summed E-state index contributed by atoms with van der Waals surface area (Å²) in [6.45, 7) is 1.26. The molecule has 1 aliphatic heterocycles. The molecule has 0 spiro atoms. The number of aliphatic hydroxyl groups excluding tert-OH is 3. The number of aryl methyl sites for hydroxylation is 1. The van der Waals surface area contributed by atoms with E-state index >= 15 is 0 Å². The lowest BCUT2D eigenvalue weighted by Gasteiger charge is -2.40. The highest BCUT2D eigenvalue weighted by molar-refractivity contribution is 7.71. The third-order valence-corrected chi connectivity index (χ3v) is 3.80. The highest BCUT2D eigenvalue weighted by atomic mass is 32.1. The van der Waals surface area contributed by atoms with Crippen LogP contribution >= 0.6 is 12.2 Å². The lowest BCUT2D eigenvalue weighted by molar-refractivity contribution is -0.247. The number of hydrogen-bond donors (Lipinski definition) is 5. The van der Waals surface area contributed by atoms with Gasteiger partial charge >= 0.3 is 5.97 Å². The van der Waals surface area contributed by atoms with Crippen LogP contribution < -0.4 is 5.56 Å². The highest BCUT2D eigenvalue weighted by Crippen LogP contribution is 2.29. The summed E-state index contributed by atoms with van der Waals surface area (Å²) in [6, 6.07) is 1.04. The van der Waals surface area contributed by atoms with Gasteiger partial charge in [0.15, 0.2) is 17.1 Å². The number of aromatic amines is 1. The summed E-state index contributed by atoms with van der Waals surface area (Å²) in [5, 5.41) is 39.0. The second-order valence-electron chi connectivity index (χ2n) is 5.09. The number of aliphatic hydroxyl groups is 3. The number of nitrogens with zero attached hydrogens (tertiary/aromatic N) is 1. The predicted octanol–water partition coefficient (Wildman–Crippen LogP) is -1.08. The molecule has 0 aliphatic carbocycles. The Morgan fingerprint density at radius 2 is 2.09 bits per heavy atom. The van der Waals surface area contributed by atoms with Crippen molar-refractivity contribution in [2.75, 3.05) is 0 Å². The molecule has 23 heavy (non-hydrogen) atoms. The first-order valence-corrected chi connectivity index (χ1v) is 7.10. The first-order valence-electron chi connectivity index (χ1n) is 7.69. The summed E-state index contributed by atoms with van der Waals surface area (Å²) in [5.41, 5.74) is -0.570. The van der Waals surface area contributed by atoms with Crippen LogP contribution in [0.2, 0.25) is 0 Å². The van der Waals surface area contributed by atoms with Gasteiger partial charge < -0.3 is 25.2 Å². The average molecular weight is 348 g/mol. The lowest BCUT2D eigenvalue weighted by atomic mass is 9.97. The van der Waals surface area contributed by atoms with Crippen molar-refractivity contribution in [2.45, 2.75) is 50.4 Å². The Kier molecular flexibility index (Phi) is 4.48. The Morgan fingerprint density at radius 1 is 1.43 bits per heavy atom. The van der Waals surface area contributed by atoms with Crippen molar-refractivity contribution in [1.29, 1.82) is 0 Å². The molecule has 0 bridgehead atoms. The molecule has 5 N–H and O–H groups in total. The van der Waals surface area contributed by atoms with Crippen molar-refractivity contribution < 1.29 is 32.7 Å². The number of carboxylic acid groups (broad SMARTS) is 1. The SMILES string of the molecule is [2H]C([2H])(C)Cc1cc(=O)[nH]c(=S)n1[C@@H]1O[C@H](C(=O)O)[C@@H](O)[C@H](O)[C@H]1O. The zero-order chi connectivity index (χ0) is 19.1. The number of hydrogen-bond acceptors (Lipinski definition) is 7. The van der Waals surface area contributed by atoms with Crippen molar-refractivity contribution in [1.82, 2.24) is 9.55 Å². The summed E-state index contributed by atoms with van der Waals surface area (Å²) >= 11 is 5.02. The largest absolute Gasteiger partial charge is 0.479 e. The Morgan fingerprint density at radius 3 is 2.65 bits per heavy atom. The van der Waals surface area contributed by atoms with Crippen LogP contribution in [0.15, 0.2) is 10.9 Å². The molecule has 5 atom stereocenters. The maximum absolute atomic E-state index is 11.7. The Bertz CT molecular complexity index is 775. The third kappa shape index (κ3) is 3.35. The summed E-state index contributed by atoms with van der Waals surface area (Å²) in [5.74, 6) is -1.56. The third-order valence-electron chi connectivity index (χ3n) is 3.50. The molecule has 2 rings (SSSR count). The maximum Gasteiger partial charge on any atom is 0.335 e. The number of rotatable bonds is 4. The van der Waals surface area contributed by atoms with Crippen molar-refractivity contribution >= 4 is 18.2 Å². The van der Waals surface area contributed by atoms with E-state index in [9.17, 15) is 24.9 Å². The average Bonchev–Trinajstić information content (AvgIpc) is 2.44. The maximum atomic E-state index is 11.7. The van der Waals surface area contributed by atoms with E-state index in [-0.39, 0.29) is 16.9 Å². The summed E-state index contributed by atoms with van der Waals surface area (Å²) in [4.78, 5) is 25.1. The van der Waals surface area contributed by atoms with Gasteiger partial charge in [-0.1, -0.05) is 13.3 Å². The quantitative estimate of drug-likeness (QED) is 0.432. The number of carbonyl (C=O) groups is 1. The van der Waals surface area contributed by atoms with Crippen LogP contribution in [0.1, 0.15) is 28.0 Å². The number of aromatic nitrogens is 2. The molecule has 1 aromatic rings. The molecular weight excluding hydrogens is 328 g/mol. The van der Waals surface area contributed by atoms with E-state index in [2.05, 4.69) is 4.98 Å². The van der Waals surface area contributed by atoms with E-state index in [0.717, 1.165) is 10.6 Å². The first kappa shape index (κ1) is 15.0. The Labute approximate surface area is 138 Å². The van der Waals surface area contributed by atoms with Gasteiger partial charge in [0.1, 0.15) is 18.3 Å². The minimum Gasteiger partial charge on any atom is -0.479 e. The van der Waals surface area contributed by atoms with Gasteiger partial charge in [-0.3, -0.25) is 14.3 Å². The lowest BCUT2D eigenvalue weighted by Crippen LogP contribution is -2.58. The van der Waals surface area contributed by atoms with Crippen LogP contribution in [0, 0.1) is 4.77 Å². The van der Waals surface area contributed by atoms with Gasteiger partial charge in [-0.05, 0) is 18.6 Å². The second-order valence-corrected chi connectivity index (χ2v) is 5.47. The molecule has 0 amide bonds. The molecule has 128 valence electrons. The van der Waals surface area contributed by atoms with Crippen LogP contribution in [0.4, 0.5) is 0 Å². The van der Waals surface area contributed by atoms with Gasteiger partial charge in [0, 0.05) is 14.5 Å². The molecule has 1 aliphatic rings. The van der Waals surface area contributed by atoms with Crippen LogP contribution in [-0.2, 0) is 16.0 Å². The van der Waals surface area contributed by atoms with Gasteiger partial charge in [0.2, 0.25) is 0 Å². The van der Waals surface area contributed by atoms with Gasteiger partial charge in [-0.2, -0.15) is 0 Å². The van der Waals surface area contributed by atoms with Crippen molar-refractivity contribution in [3.8, 4) is 0 Å². The molecule has 0 radical (unpaired) electrons. The van der Waals surface area contributed by atoms with E-state index in [4.69, 9.17) is 24.8 Å². The first-order chi connectivity index (χ1) is 11.4. The zero-order valence-electron chi connectivity index (χ0n) is 14.0. The fraction of sp³-hybridized carbons (Fsp3) is 0.615. The summed E-state index contributed by atoms with van der Waals surface area (Å²) in [7, 11) is 0. The highest BCUT2D eigenvalue weighted by Gasteiger charge is 2.48. The number of carboxylic acids is 1. The topological polar surface area (TPSA) is 145 Å². The molecule has 0 aromatic carbocycles. The van der Waals surface area contributed by atoms with Gasteiger partial charge in [-0.25, -0.2) is 4.79 Å². The summed E-state index contributed by atoms with van der Waals surface area (Å²) < 4.78 is 21.3. The van der Waals surface area contributed by atoms with Gasteiger partial charge in [0.25, 0.3) is 5.56 Å². The number of H-pyrrole nitrogens is 1. The Balaban J connectivity index is 2.57. The molecular formula is C13H18N2O7S. The van der Waals surface area contributed by atoms with Crippen LogP contribution in [0.3, 0.4) is 0 Å². The van der Waals surface area contributed by atoms with E-state index in [0.29, 0.717) is 0 Å². The number of ether oxygens (including phenoxy) is 1. The number of nitrogens with one attached hydrogen (secondary N) is 1. The fourth-order valence-electron chi connectivity index (χ4n) is 2.43. The molecule has 9 nitrogen and oxygen atoms in total. The van der Waals surface area contributed by atoms with Gasteiger partial charge in [-0.15, -0.1) is 0 Å². The zero-order valence-corrected chi connectivity index (χ0v) is 12.9. The number of aliphatic carboxylic acids is 1. The van der Waals surface area contributed by atoms with E-state index < -0.39 is 48.5 Å². The summed E-state index contributed by atoms with van der Waals surface area (Å²) in [6.07, 6.45) is -10.9. The standard InChI is InChI=1S/C13H18N2O7S/c1-2-3-5-4-6(16)14-13(23)15(5)11-9(19)7(17)8(18)10(22-11)12(20)21/h4,7-11,17-19H,2-3H2,1H3,(H,20,21)(H,14,16,23)/t7-,8-,9+,10-,11+/m0/s1/i2D2. The van der Waals surface area contributed by atoms with Gasteiger partial charge in [0.05, 0.1) is 0 Å². The van der Waals surface area contributed by atoms with Crippen LogP contribution in [-0.4, -0.2) is 60.4 Å². The fourth-order valence-corrected chi connectivity index (χ4v) is 2.75. The van der Waals surface area contributed by atoms with E-state index in [1.54, 1.807) is 0 Å². The van der Waals surface area contributed by atoms with Crippen molar-refractivity contribution in [3.63, 3.8) is 0 Å². The normalized spacial score (nSPS) is 33.0. The molecule has 1 saturated heterocycles. The monoisotopic (exact) mass is 348 g/mol. The molecule has 0 saturated carbocycles. The Hall–Kier alpha value is -1.59. The van der Waals surface area contributed by atoms with Crippen molar-refractivity contribution in [3.05, 3.63) is 26.9 Å². The molecule has 1 aromatic heterocycles. The minimum atomic E-state index is -1.87. The molecule has 2 heterocycles. The minimum absolute atomic E-state index is 0.0398. The van der Waals surface area contributed by atoms with Crippen molar-refractivity contribution in [2.24, 2.45) is 0 Å². The van der Waals surface area contributed by atoms with E-state index in [1.165, 1.54) is 6.92 Å². The molecule has 1 fully saturated rings. The smallest absolute Gasteiger partial charge is 0.335 e. The predicted molar refractivity (Wildman–Crippen MR) is 79.4 cm³/mol. The molecule has 0 unspecified atom stereocenters.